The molecule has 1 aromatic rings. The van der Waals surface area contributed by atoms with Crippen molar-refractivity contribution in [1.29, 1.82) is 0 Å². The lowest BCUT2D eigenvalue weighted by Gasteiger charge is -2.28. The van der Waals surface area contributed by atoms with Gasteiger partial charge in [0.25, 0.3) is 0 Å². The summed E-state index contributed by atoms with van der Waals surface area (Å²) < 4.78 is 26.4. The molecule has 0 amide bonds. The lowest BCUT2D eigenvalue weighted by molar-refractivity contribution is 0.318. The first-order valence-corrected chi connectivity index (χ1v) is 6.64. The molecule has 0 spiro atoms. The maximum absolute atomic E-state index is 13.4. The van der Waals surface area contributed by atoms with Crippen molar-refractivity contribution in [3.05, 3.63) is 34.4 Å². The molecule has 0 radical (unpaired) electrons. The Labute approximate surface area is 106 Å². The molecule has 0 atom stereocenters. The van der Waals surface area contributed by atoms with Crippen molar-refractivity contribution in [2.45, 2.75) is 44.9 Å². The molecule has 94 valence electrons. The molecule has 0 aromatic heterocycles. The average Bonchev–Trinajstić information content (AvgIpc) is 2.36. The van der Waals surface area contributed by atoms with E-state index in [9.17, 15) is 8.78 Å². The van der Waals surface area contributed by atoms with Crippen molar-refractivity contribution in [2.75, 3.05) is 0 Å². The Balaban J connectivity index is 2.16. The molecule has 0 nitrogen and oxygen atoms in total. The molecule has 0 N–H and O–H groups in total. The minimum atomic E-state index is -0.901. The van der Waals surface area contributed by atoms with Crippen LogP contribution in [0.2, 0.25) is 5.02 Å². The van der Waals surface area contributed by atoms with E-state index in [-0.39, 0.29) is 5.02 Å². The Kier molecular flexibility index (Phi) is 4.03. The fourth-order valence-corrected chi connectivity index (χ4v) is 3.05. The predicted octanol–water partition coefficient (Wildman–Crippen LogP) is 5.30. The van der Waals surface area contributed by atoms with E-state index in [0.717, 1.165) is 37.2 Å². The molecule has 2 rings (SSSR count). The summed E-state index contributed by atoms with van der Waals surface area (Å²) in [6, 6.07) is 2.82. The van der Waals surface area contributed by atoms with E-state index < -0.39 is 11.6 Å². The number of rotatable bonds is 2. The molecular formula is C14H17ClF2. The normalized spacial score (nSPS) is 24.9. The number of hydrogen-bond donors (Lipinski definition) is 0. The Morgan fingerprint density at radius 1 is 1.18 bits per heavy atom. The van der Waals surface area contributed by atoms with Crippen molar-refractivity contribution < 1.29 is 8.78 Å². The largest absolute Gasteiger partial charge is 0.204 e. The minimum Gasteiger partial charge on any atom is -0.204 e. The smallest absolute Gasteiger partial charge is 0.177 e. The average molecular weight is 259 g/mol. The van der Waals surface area contributed by atoms with Gasteiger partial charge in [0, 0.05) is 0 Å². The van der Waals surface area contributed by atoms with E-state index in [4.69, 9.17) is 11.6 Å². The highest BCUT2D eigenvalue weighted by molar-refractivity contribution is 6.31. The summed E-state index contributed by atoms with van der Waals surface area (Å²) in [6.45, 7) is 2.20. The van der Waals surface area contributed by atoms with E-state index in [2.05, 4.69) is 6.92 Å². The number of hydrogen-bond acceptors (Lipinski definition) is 0. The minimum absolute atomic E-state index is 0.0232. The van der Waals surface area contributed by atoms with Crippen LogP contribution in [0.5, 0.6) is 0 Å². The van der Waals surface area contributed by atoms with Crippen LogP contribution in [0.3, 0.4) is 0 Å². The molecule has 0 aliphatic heterocycles. The topological polar surface area (TPSA) is 0 Å². The van der Waals surface area contributed by atoms with E-state index in [0.29, 0.717) is 5.92 Å². The summed E-state index contributed by atoms with van der Waals surface area (Å²) in [5, 5.41) is -0.0232. The van der Waals surface area contributed by atoms with Crippen molar-refractivity contribution in [3.63, 3.8) is 0 Å². The van der Waals surface area contributed by atoms with Crippen molar-refractivity contribution in [1.82, 2.24) is 0 Å². The first-order valence-electron chi connectivity index (χ1n) is 6.26. The maximum atomic E-state index is 13.4. The molecule has 17 heavy (non-hydrogen) atoms. The molecule has 0 unspecified atom stereocenters. The number of benzene rings is 1. The summed E-state index contributed by atoms with van der Waals surface area (Å²) in [5.41, 5.74) is 0.778. The number of halogens is 3. The van der Waals surface area contributed by atoms with E-state index in [1.165, 1.54) is 12.5 Å². The zero-order valence-corrected chi connectivity index (χ0v) is 10.7. The maximum Gasteiger partial charge on any atom is 0.177 e. The summed E-state index contributed by atoms with van der Waals surface area (Å²) >= 11 is 5.89. The van der Waals surface area contributed by atoms with Crippen LogP contribution in [-0.4, -0.2) is 0 Å². The molecular weight excluding hydrogens is 242 g/mol. The molecule has 0 bridgehead atoms. The van der Waals surface area contributed by atoms with Gasteiger partial charge in [0.1, 0.15) is 0 Å². The second-order valence-electron chi connectivity index (χ2n) is 4.89. The van der Waals surface area contributed by atoms with Crippen LogP contribution in [0.1, 0.15) is 50.5 Å². The molecule has 1 aliphatic rings. The van der Waals surface area contributed by atoms with Gasteiger partial charge in [-0.1, -0.05) is 31.0 Å². The molecule has 1 saturated carbocycles. The Bertz CT molecular complexity index is 395. The van der Waals surface area contributed by atoms with Crippen LogP contribution in [0.4, 0.5) is 8.78 Å². The standard InChI is InChI=1S/C14H17ClF2/c1-2-9-3-5-10(6-4-9)11-7-8-12(16)14(17)13(11)15/h7-10H,2-6H2,1H3. The molecule has 0 heterocycles. The monoisotopic (exact) mass is 258 g/mol. The van der Waals surface area contributed by atoms with Gasteiger partial charge in [0.2, 0.25) is 0 Å². The second-order valence-corrected chi connectivity index (χ2v) is 5.27. The summed E-state index contributed by atoms with van der Waals surface area (Å²) in [4.78, 5) is 0. The van der Waals surface area contributed by atoms with Crippen molar-refractivity contribution in [2.24, 2.45) is 5.92 Å². The second kappa shape index (κ2) is 5.34. The van der Waals surface area contributed by atoms with Crippen molar-refractivity contribution in [3.8, 4) is 0 Å². The van der Waals surface area contributed by atoms with Gasteiger partial charge in [-0.25, -0.2) is 8.78 Å². The summed E-state index contributed by atoms with van der Waals surface area (Å²) in [6.07, 6.45) is 5.60. The van der Waals surface area contributed by atoms with Crippen molar-refractivity contribution >= 4 is 11.6 Å². The van der Waals surface area contributed by atoms with Gasteiger partial charge in [-0.2, -0.15) is 0 Å². The van der Waals surface area contributed by atoms with E-state index >= 15 is 0 Å². The van der Waals surface area contributed by atoms with Gasteiger partial charge in [0.05, 0.1) is 5.02 Å². The highest BCUT2D eigenvalue weighted by Gasteiger charge is 2.24. The fraction of sp³-hybridized carbons (Fsp3) is 0.571. The van der Waals surface area contributed by atoms with Crippen LogP contribution >= 0.6 is 11.6 Å². The zero-order chi connectivity index (χ0) is 12.4. The van der Waals surface area contributed by atoms with Gasteiger partial charge in [-0.05, 0) is 49.1 Å². The first-order chi connectivity index (χ1) is 8.13. The first kappa shape index (κ1) is 12.8. The fourth-order valence-electron chi connectivity index (χ4n) is 2.74. The van der Waals surface area contributed by atoms with Crippen LogP contribution in [0.25, 0.3) is 0 Å². The Morgan fingerprint density at radius 3 is 2.41 bits per heavy atom. The van der Waals surface area contributed by atoms with E-state index in [1.807, 2.05) is 0 Å². The van der Waals surface area contributed by atoms with Gasteiger partial charge in [-0.3, -0.25) is 0 Å². The molecule has 3 heteroatoms. The van der Waals surface area contributed by atoms with Crippen LogP contribution in [0, 0.1) is 17.6 Å². The molecule has 1 fully saturated rings. The van der Waals surface area contributed by atoms with E-state index in [1.54, 1.807) is 6.07 Å². The quantitative estimate of drug-likeness (QED) is 0.631. The zero-order valence-electron chi connectivity index (χ0n) is 9.98. The third-order valence-corrected chi connectivity index (χ3v) is 4.31. The highest BCUT2D eigenvalue weighted by atomic mass is 35.5. The molecule has 0 saturated heterocycles. The van der Waals surface area contributed by atoms with Crippen LogP contribution in [0.15, 0.2) is 12.1 Å². The van der Waals surface area contributed by atoms with Gasteiger partial charge < -0.3 is 0 Å². The highest BCUT2D eigenvalue weighted by Crippen LogP contribution is 2.40. The third kappa shape index (κ3) is 2.62. The summed E-state index contributed by atoms with van der Waals surface area (Å²) in [5.74, 6) is -0.682. The molecule has 1 aromatic carbocycles. The van der Waals surface area contributed by atoms with Gasteiger partial charge >= 0.3 is 0 Å². The SMILES string of the molecule is CCC1CCC(c2ccc(F)c(F)c2Cl)CC1. The lowest BCUT2D eigenvalue weighted by atomic mass is 9.78. The van der Waals surface area contributed by atoms with Crippen LogP contribution in [-0.2, 0) is 0 Å². The van der Waals surface area contributed by atoms with Gasteiger partial charge in [0.15, 0.2) is 11.6 Å². The lowest BCUT2D eigenvalue weighted by Crippen LogP contribution is -2.13. The Morgan fingerprint density at radius 2 is 1.82 bits per heavy atom. The molecule has 1 aliphatic carbocycles. The summed E-state index contributed by atoms with van der Waals surface area (Å²) in [7, 11) is 0. The van der Waals surface area contributed by atoms with Crippen LogP contribution < -0.4 is 0 Å². The predicted molar refractivity (Wildman–Crippen MR) is 66.4 cm³/mol. The Hall–Kier alpha value is -0.630. The third-order valence-electron chi connectivity index (χ3n) is 3.93. The van der Waals surface area contributed by atoms with Gasteiger partial charge in [-0.15, -0.1) is 0 Å².